The Balaban J connectivity index is 1.61. The van der Waals surface area contributed by atoms with Gasteiger partial charge in [-0.05, 0) is 53.4 Å². The molecule has 0 radical (unpaired) electrons. The summed E-state index contributed by atoms with van der Waals surface area (Å²) in [6, 6.07) is 21.8. The van der Waals surface area contributed by atoms with Crippen molar-refractivity contribution in [3.05, 3.63) is 77.9 Å². The Kier molecular flexibility index (Phi) is 7.14. The number of methoxy groups -OCH3 is 1. The van der Waals surface area contributed by atoms with Crippen molar-refractivity contribution in [3.63, 3.8) is 0 Å². The highest BCUT2D eigenvalue weighted by atomic mass is 16.5. The zero-order chi connectivity index (χ0) is 23.2. The second kappa shape index (κ2) is 10.4. The van der Waals surface area contributed by atoms with Crippen molar-refractivity contribution in [2.24, 2.45) is 0 Å². The third-order valence-corrected chi connectivity index (χ3v) is 5.39. The molecule has 4 rings (SSSR count). The van der Waals surface area contributed by atoms with Gasteiger partial charge in [0.25, 0.3) is 5.89 Å². The van der Waals surface area contributed by atoms with E-state index < -0.39 is 6.10 Å². The Morgan fingerprint density at radius 2 is 1.85 bits per heavy atom. The summed E-state index contributed by atoms with van der Waals surface area (Å²) in [5, 5.41) is 25.7. The molecule has 3 aromatic carbocycles. The molecule has 0 bridgehead atoms. The topological polar surface area (TPSA) is 101 Å². The quantitative estimate of drug-likeness (QED) is 0.353. The number of nitrogens with one attached hydrogen (secondary N) is 1. The van der Waals surface area contributed by atoms with Crippen molar-refractivity contribution in [1.29, 1.82) is 0 Å². The Labute approximate surface area is 192 Å². The number of aryl methyl sites for hydroxylation is 1. The van der Waals surface area contributed by atoms with Gasteiger partial charge in [-0.2, -0.15) is 4.98 Å². The average molecular weight is 446 g/mol. The van der Waals surface area contributed by atoms with E-state index in [1.807, 2.05) is 48.5 Å². The molecule has 7 heteroatoms. The van der Waals surface area contributed by atoms with Crippen molar-refractivity contribution in [2.75, 3.05) is 25.6 Å². The van der Waals surface area contributed by atoms with E-state index in [0.717, 1.165) is 33.5 Å². The van der Waals surface area contributed by atoms with Crippen LogP contribution in [0.4, 0.5) is 5.69 Å². The van der Waals surface area contributed by atoms with Crippen LogP contribution in [0.3, 0.4) is 0 Å². The molecule has 0 aliphatic rings. The van der Waals surface area contributed by atoms with Crippen molar-refractivity contribution < 1.29 is 19.5 Å². The van der Waals surface area contributed by atoms with Crippen LogP contribution in [-0.4, -0.2) is 46.7 Å². The molecular formula is C26H27N3O4. The predicted octanol–water partition coefficient (Wildman–Crippen LogP) is 4.29. The van der Waals surface area contributed by atoms with E-state index in [4.69, 9.17) is 14.4 Å². The predicted molar refractivity (Wildman–Crippen MR) is 128 cm³/mol. The molecule has 0 fully saturated rings. The van der Waals surface area contributed by atoms with Crippen LogP contribution in [0, 0.1) is 6.92 Å². The molecule has 1 atom stereocenters. The number of anilines is 1. The SMILES string of the molecule is COCc1cc(-c2nc(-c3cccc(NCC(O)CO)c3)no2)ccc1-c1ccccc1C. The van der Waals surface area contributed by atoms with Gasteiger partial charge < -0.3 is 24.8 Å². The number of aliphatic hydroxyl groups is 2. The van der Waals surface area contributed by atoms with Crippen molar-refractivity contribution in [1.82, 2.24) is 10.1 Å². The van der Waals surface area contributed by atoms with Crippen molar-refractivity contribution in [3.8, 4) is 34.0 Å². The molecule has 1 heterocycles. The maximum atomic E-state index is 9.54. The molecule has 4 aromatic rings. The van der Waals surface area contributed by atoms with Crippen LogP contribution < -0.4 is 5.32 Å². The van der Waals surface area contributed by atoms with Gasteiger partial charge in [0.05, 0.1) is 19.3 Å². The smallest absolute Gasteiger partial charge is 0.258 e. The molecule has 0 aliphatic heterocycles. The second-order valence-corrected chi connectivity index (χ2v) is 7.84. The summed E-state index contributed by atoms with van der Waals surface area (Å²) in [6.45, 7) is 2.51. The Morgan fingerprint density at radius 1 is 1.00 bits per heavy atom. The first-order valence-corrected chi connectivity index (χ1v) is 10.7. The Morgan fingerprint density at radius 3 is 2.64 bits per heavy atom. The summed E-state index contributed by atoms with van der Waals surface area (Å²) in [5.74, 6) is 0.889. The van der Waals surface area contributed by atoms with Gasteiger partial charge in [0, 0.05) is 30.5 Å². The molecule has 1 unspecified atom stereocenters. The molecule has 7 nitrogen and oxygen atoms in total. The average Bonchev–Trinajstić information content (AvgIpc) is 3.34. The van der Waals surface area contributed by atoms with Crippen LogP contribution in [0.25, 0.3) is 34.0 Å². The third-order valence-electron chi connectivity index (χ3n) is 5.39. The summed E-state index contributed by atoms with van der Waals surface area (Å²) < 4.78 is 11.0. The van der Waals surface area contributed by atoms with E-state index in [0.29, 0.717) is 18.3 Å². The van der Waals surface area contributed by atoms with Gasteiger partial charge in [0.15, 0.2) is 0 Å². The van der Waals surface area contributed by atoms with Gasteiger partial charge >= 0.3 is 0 Å². The summed E-state index contributed by atoms with van der Waals surface area (Å²) >= 11 is 0. The lowest BCUT2D eigenvalue weighted by atomic mass is 9.94. The standard InChI is InChI=1S/C26H27N3O4/c1-17-6-3-4-9-23(17)24-11-10-19(12-20(24)16-32-2)26-28-25(29-33-26)18-7-5-8-21(13-18)27-14-22(31)15-30/h3-13,22,27,30-31H,14-16H2,1-2H3. The zero-order valence-electron chi connectivity index (χ0n) is 18.7. The van der Waals surface area contributed by atoms with E-state index in [1.165, 1.54) is 5.56 Å². The molecule has 3 N–H and O–H groups in total. The lowest BCUT2D eigenvalue weighted by molar-refractivity contribution is 0.105. The second-order valence-electron chi connectivity index (χ2n) is 7.84. The molecule has 0 saturated carbocycles. The zero-order valence-corrected chi connectivity index (χ0v) is 18.7. The summed E-state index contributed by atoms with van der Waals surface area (Å²) in [6.07, 6.45) is -0.825. The fraction of sp³-hybridized carbons (Fsp3) is 0.231. The minimum Gasteiger partial charge on any atom is -0.394 e. The molecular weight excluding hydrogens is 418 g/mol. The Bertz CT molecular complexity index is 1220. The molecule has 1 aromatic heterocycles. The van der Waals surface area contributed by atoms with E-state index >= 15 is 0 Å². The number of nitrogens with zero attached hydrogens (tertiary/aromatic N) is 2. The van der Waals surface area contributed by atoms with Crippen LogP contribution in [-0.2, 0) is 11.3 Å². The maximum Gasteiger partial charge on any atom is 0.258 e. The fourth-order valence-electron chi connectivity index (χ4n) is 3.67. The van der Waals surface area contributed by atoms with Crippen LogP contribution in [0.5, 0.6) is 0 Å². The summed E-state index contributed by atoms with van der Waals surface area (Å²) in [5.41, 5.74) is 6.90. The minimum atomic E-state index is -0.825. The summed E-state index contributed by atoms with van der Waals surface area (Å²) in [4.78, 5) is 4.59. The molecule has 170 valence electrons. The van der Waals surface area contributed by atoms with Gasteiger partial charge in [-0.25, -0.2) is 0 Å². The van der Waals surface area contributed by atoms with Crippen molar-refractivity contribution in [2.45, 2.75) is 19.6 Å². The highest BCUT2D eigenvalue weighted by Crippen LogP contribution is 2.32. The maximum absolute atomic E-state index is 9.54. The first-order chi connectivity index (χ1) is 16.1. The van der Waals surface area contributed by atoms with Crippen LogP contribution in [0.2, 0.25) is 0 Å². The molecule has 0 spiro atoms. The number of hydrogen-bond donors (Lipinski definition) is 3. The Hall–Kier alpha value is -3.52. The first kappa shape index (κ1) is 22.7. The first-order valence-electron chi connectivity index (χ1n) is 10.7. The highest BCUT2D eigenvalue weighted by molar-refractivity contribution is 5.74. The minimum absolute atomic E-state index is 0.243. The van der Waals surface area contributed by atoms with Gasteiger partial charge in [0.2, 0.25) is 5.82 Å². The van der Waals surface area contributed by atoms with Crippen LogP contribution in [0.1, 0.15) is 11.1 Å². The molecule has 0 saturated heterocycles. The van der Waals surface area contributed by atoms with Gasteiger partial charge in [-0.15, -0.1) is 0 Å². The van der Waals surface area contributed by atoms with Gasteiger partial charge in [-0.3, -0.25) is 0 Å². The molecule has 0 aliphatic carbocycles. The van der Waals surface area contributed by atoms with Crippen LogP contribution >= 0.6 is 0 Å². The molecule has 33 heavy (non-hydrogen) atoms. The number of aliphatic hydroxyl groups excluding tert-OH is 2. The fourth-order valence-corrected chi connectivity index (χ4v) is 3.67. The number of aromatic nitrogens is 2. The van der Waals surface area contributed by atoms with Gasteiger partial charge in [-0.1, -0.05) is 47.6 Å². The van der Waals surface area contributed by atoms with Crippen LogP contribution in [0.15, 0.2) is 71.3 Å². The highest BCUT2D eigenvalue weighted by Gasteiger charge is 2.15. The number of hydrogen-bond acceptors (Lipinski definition) is 7. The lowest BCUT2D eigenvalue weighted by Gasteiger charge is -2.12. The normalized spacial score (nSPS) is 12.0. The number of rotatable bonds is 9. The van der Waals surface area contributed by atoms with E-state index in [9.17, 15) is 5.11 Å². The summed E-state index contributed by atoms with van der Waals surface area (Å²) in [7, 11) is 1.68. The molecule has 0 amide bonds. The monoisotopic (exact) mass is 445 g/mol. The van der Waals surface area contributed by atoms with E-state index in [2.05, 4.69) is 40.6 Å². The number of benzene rings is 3. The van der Waals surface area contributed by atoms with Gasteiger partial charge in [0.1, 0.15) is 0 Å². The van der Waals surface area contributed by atoms with Crippen molar-refractivity contribution >= 4 is 5.69 Å². The van der Waals surface area contributed by atoms with E-state index in [-0.39, 0.29) is 13.2 Å². The van der Waals surface area contributed by atoms with E-state index in [1.54, 1.807) is 7.11 Å². The third kappa shape index (κ3) is 5.28. The lowest BCUT2D eigenvalue weighted by Crippen LogP contribution is -2.22. The largest absolute Gasteiger partial charge is 0.394 e. The number of ether oxygens (including phenoxy) is 1.